The van der Waals surface area contributed by atoms with Crippen LogP contribution in [0.4, 0.5) is 0 Å². The lowest BCUT2D eigenvalue weighted by molar-refractivity contribution is 0.103. The van der Waals surface area contributed by atoms with Crippen molar-refractivity contribution >= 4 is 40.0 Å². The maximum absolute atomic E-state index is 12.5. The van der Waals surface area contributed by atoms with Crippen LogP contribution in [0.15, 0.2) is 36.4 Å². The summed E-state index contributed by atoms with van der Waals surface area (Å²) >= 11 is 8.17. The number of ketones is 1. The smallest absolute Gasteiger partial charge is 0.196 e. The Bertz CT molecular complexity index is 618. The van der Waals surface area contributed by atoms with E-state index in [9.17, 15) is 4.79 Å². The van der Waals surface area contributed by atoms with Crippen LogP contribution >= 0.6 is 34.2 Å². The molecule has 19 heavy (non-hydrogen) atoms. The van der Waals surface area contributed by atoms with Crippen LogP contribution in [0.3, 0.4) is 0 Å². The van der Waals surface area contributed by atoms with E-state index >= 15 is 0 Å². The normalized spacial score (nSPS) is 10.3. The highest BCUT2D eigenvalue weighted by atomic mass is 127. The van der Waals surface area contributed by atoms with Gasteiger partial charge in [-0.1, -0.05) is 11.6 Å². The minimum atomic E-state index is -0.0824. The molecule has 0 N–H and O–H groups in total. The van der Waals surface area contributed by atoms with Crippen molar-refractivity contribution in [1.82, 2.24) is 0 Å². The predicted octanol–water partition coefficient (Wildman–Crippen LogP) is 4.49. The highest BCUT2D eigenvalue weighted by molar-refractivity contribution is 14.1. The van der Waals surface area contributed by atoms with Gasteiger partial charge in [-0.15, -0.1) is 0 Å². The van der Waals surface area contributed by atoms with Crippen molar-refractivity contribution in [1.29, 1.82) is 0 Å². The molecule has 0 fully saturated rings. The van der Waals surface area contributed by atoms with Crippen LogP contribution in [-0.2, 0) is 0 Å². The summed E-state index contributed by atoms with van der Waals surface area (Å²) in [6.07, 6.45) is 0. The summed E-state index contributed by atoms with van der Waals surface area (Å²) in [4.78, 5) is 12.5. The van der Waals surface area contributed by atoms with Gasteiger partial charge in [-0.25, -0.2) is 0 Å². The number of ether oxygens (including phenoxy) is 1. The fraction of sp³-hybridized carbons (Fsp3) is 0.133. The van der Waals surface area contributed by atoms with Gasteiger partial charge >= 0.3 is 0 Å². The molecule has 0 aliphatic carbocycles. The van der Waals surface area contributed by atoms with Gasteiger partial charge in [0.2, 0.25) is 0 Å². The van der Waals surface area contributed by atoms with Crippen molar-refractivity contribution in [2.45, 2.75) is 6.92 Å². The van der Waals surface area contributed by atoms with Gasteiger partial charge in [-0.3, -0.25) is 4.79 Å². The zero-order valence-corrected chi connectivity index (χ0v) is 13.4. The van der Waals surface area contributed by atoms with E-state index in [-0.39, 0.29) is 5.78 Å². The number of aryl methyl sites for hydroxylation is 1. The molecule has 0 radical (unpaired) electrons. The summed E-state index contributed by atoms with van der Waals surface area (Å²) in [7, 11) is 1.56. The molecule has 0 unspecified atom stereocenters. The fourth-order valence-electron chi connectivity index (χ4n) is 1.88. The van der Waals surface area contributed by atoms with Crippen LogP contribution < -0.4 is 4.74 Å². The Morgan fingerprint density at radius 1 is 1.21 bits per heavy atom. The van der Waals surface area contributed by atoms with E-state index < -0.39 is 0 Å². The molecule has 0 spiro atoms. The first-order valence-corrected chi connectivity index (χ1v) is 7.12. The van der Waals surface area contributed by atoms with Gasteiger partial charge < -0.3 is 4.74 Å². The SMILES string of the molecule is COc1ccc(I)cc1C(=O)c1cc(C)cc(Cl)c1. The Labute approximate surface area is 130 Å². The van der Waals surface area contributed by atoms with Gasteiger partial charge in [0.05, 0.1) is 12.7 Å². The molecular formula is C15H12ClIO2. The van der Waals surface area contributed by atoms with Crippen LogP contribution in [0.25, 0.3) is 0 Å². The van der Waals surface area contributed by atoms with E-state index in [1.54, 1.807) is 19.2 Å². The third-order valence-electron chi connectivity index (χ3n) is 2.71. The average Bonchev–Trinajstić information content (AvgIpc) is 2.36. The molecule has 0 aliphatic rings. The van der Waals surface area contributed by atoms with Gasteiger partial charge in [0.15, 0.2) is 5.78 Å². The number of methoxy groups -OCH3 is 1. The highest BCUT2D eigenvalue weighted by Crippen LogP contribution is 2.25. The molecular weight excluding hydrogens is 375 g/mol. The zero-order chi connectivity index (χ0) is 14.0. The largest absolute Gasteiger partial charge is 0.496 e. The van der Waals surface area contributed by atoms with Crippen LogP contribution in [0, 0.1) is 10.5 Å². The van der Waals surface area contributed by atoms with Crippen molar-refractivity contribution < 1.29 is 9.53 Å². The molecule has 0 amide bonds. The summed E-state index contributed by atoms with van der Waals surface area (Å²) in [5.41, 5.74) is 2.09. The zero-order valence-electron chi connectivity index (χ0n) is 10.5. The second-order valence-electron chi connectivity index (χ2n) is 4.19. The molecule has 0 bridgehead atoms. The lowest BCUT2D eigenvalue weighted by Gasteiger charge is -2.09. The maximum Gasteiger partial charge on any atom is 0.196 e. The Morgan fingerprint density at radius 3 is 2.58 bits per heavy atom. The van der Waals surface area contributed by atoms with E-state index in [0.29, 0.717) is 21.9 Å². The number of benzene rings is 2. The number of rotatable bonds is 3. The Hall–Kier alpha value is -1.07. The molecule has 0 aromatic heterocycles. The summed E-state index contributed by atoms with van der Waals surface area (Å²) in [5, 5.41) is 0.563. The molecule has 0 saturated carbocycles. The minimum absolute atomic E-state index is 0.0824. The molecule has 0 saturated heterocycles. The van der Waals surface area contributed by atoms with E-state index in [1.807, 2.05) is 31.2 Å². The summed E-state index contributed by atoms with van der Waals surface area (Å²) < 4.78 is 6.23. The number of hydrogen-bond donors (Lipinski definition) is 0. The van der Waals surface area contributed by atoms with Gasteiger partial charge in [-0.05, 0) is 71.5 Å². The first-order valence-electron chi connectivity index (χ1n) is 5.66. The molecule has 2 rings (SSSR count). The van der Waals surface area contributed by atoms with E-state index in [4.69, 9.17) is 16.3 Å². The minimum Gasteiger partial charge on any atom is -0.496 e. The van der Waals surface area contributed by atoms with Crippen LogP contribution in [0.2, 0.25) is 5.02 Å². The second kappa shape index (κ2) is 5.92. The van der Waals surface area contributed by atoms with Crippen molar-refractivity contribution in [2.24, 2.45) is 0 Å². The Kier molecular flexibility index (Phi) is 4.47. The van der Waals surface area contributed by atoms with Crippen LogP contribution in [0.1, 0.15) is 21.5 Å². The molecule has 2 aromatic carbocycles. The van der Waals surface area contributed by atoms with Gasteiger partial charge in [0, 0.05) is 14.2 Å². The van der Waals surface area contributed by atoms with E-state index in [0.717, 1.165) is 9.13 Å². The molecule has 98 valence electrons. The third kappa shape index (κ3) is 3.28. The predicted molar refractivity (Wildman–Crippen MR) is 85.3 cm³/mol. The lowest BCUT2D eigenvalue weighted by Crippen LogP contribution is -2.05. The molecule has 4 heteroatoms. The van der Waals surface area contributed by atoms with Crippen molar-refractivity contribution in [3.05, 3.63) is 61.7 Å². The number of carbonyl (C=O) groups is 1. The number of halogens is 2. The highest BCUT2D eigenvalue weighted by Gasteiger charge is 2.15. The third-order valence-corrected chi connectivity index (χ3v) is 3.60. The second-order valence-corrected chi connectivity index (χ2v) is 5.87. The summed E-state index contributed by atoms with van der Waals surface area (Å²) in [6, 6.07) is 10.8. The average molecular weight is 387 g/mol. The van der Waals surface area contributed by atoms with Crippen LogP contribution in [-0.4, -0.2) is 12.9 Å². The van der Waals surface area contributed by atoms with Gasteiger partial charge in [0.1, 0.15) is 5.75 Å². The molecule has 2 nitrogen and oxygen atoms in total. The quantitative estimate of drug-likeness (QED) is 0.574. The lowest BCUT2D eigenvalue weighted by atomic mass is 10.0. The van der Waals surface area contributed by atoms with E-state index in [2.05, 4.69) is 22.6 Å². The van der Waals surface area contributed by atoms with Crippen molar-refractivity contribution in [3.8, 4) is 5.75 Å². The number of hydrogen-bond acceptors (Lipinski definition) is 2. The van der Waals surface area contributed by atoms with Crippen molar-refractivity contribution in [2.75, 3.05) is 7.11 Å². The number of carbonyl (C=O) groups excluding carboxylic acids is 1. The van der Waals surface area contributed by atoms with Gasteiger partial charge in [0.25, 0.3) is 0 Å². The topological polar surface area (TPSA) is 26.3 Å². The molecule has 0 aliphatic heterocycles. The van der Waals surface area contributed by atoms with Crippen LogP contribution in [0.5, 0.6) is 5.75 Å². The Morgan fingerprint density at radius 2 is 1.95 bits per heavy atom. The van der Waals surface area contributed by atoms with Crippen molar-refractivity contribution in [3.63, 3.8) is 0 Å². The van der Waals surface area contributed by atoms with E-state index in [1.165, 1.54) is 0 Å². The first-order chi connectivity index (χ1) is 9.01. The molecule has 2 aromatic rings. The van der Waals surface area contributed by atoms with Gasteiger partial charge in [-0.2, -0.15) is 0 Å². The molecule has 0 atom stereocenters. The maximum atomic E-state index is 12.5. The monoisotopic (exact) mass is 386 g/mol. The first kappa shape index (κ1) is 14.3. The Balaban J connectivity index is 2.52. The summed E-state index contributed by atoms with van der Waals surface area (Å²) in [6.45, 7) is 1.91. The molecule has 0 heterocycles. The fourth-order valence-corrected chi connectivity index (χ4v) is 2.66. The summed E-state index contributed by atoms with van der Waals surface area (Å²) in [5.74, 6) is 0.490. The standard InChI is InChI=1S/C15H12ClIO2/c1-9-5-10(7-11(16)6-9)15(18)13-8-12(17)3-4-14(13)19-2/h3-8H,1-2H3.